The summed E-state index contributed by atoms with van der Waals surface area (Å²) in [6.07, 6.45) is 8.19. The first-order chi connectivity index (χ1) is 11.6. The van der Waals surface area contributed by atoms with Gasteiger partial charge in [-0.25, -0.2) is 0 Å². The fourth-order valence-corrected chi connectivity index (χ4v) is 2.56. The molecule has 6 nitrogen and oxygen atoms in total. The normalized spacial score (nSPS) is 18.4. The second-order valence-electron chi connectivity index (χ2n) is 5.88. The lowest BCUT2D eigenvalue weighted by atomic mass is 9.88. The number of nitriles is 1. The van der Waals surface area contributed by atoms with Crippen molar-refractivity contribution in [1.82, 2.24) is 10.2 Å². The molecule has 0 bridgehead atoms. The number of allylic oxidation sites excluding steroid dienone is 5. The van der Waals surface area contributed by atoms with Gasteiger partial charge >= 0.3 is 5.97 Å². The number of carbonyl (C=O) groups excluding carboxylic acids is 1. The number of hydrogen-bond donors (Lipinski definition) is 0. The van der Waals surface area contributed by atoms with Crippen LogP contribution in [0.3, 0.4) is 0 Å². The van der Waals surface area contributed by atoms with Gasteiger partial charge in [0.1, 0.15) is 6.07 Å². The average molecular weight is 320 g/mol. The first-order valence-electron chi connectivity index (χ1n) is 7.68. The number of nitrogens with zero attached hydrogens (tertiary/aromatic N) is 4. The lowest BCUT2D eigenvalue weighted by Crippen LogP contribution is -2.11. The number of rotatable bonds is 4. The predicted octanol–water partition coefficient (Wildman–Crippen LogP) is 2.75. The molecule has 24 heavy (non-hydrogen) atoms. The summed E-state index contributed by atoms with van der Waals surface area (Å²) < 4.78 is 5.15. The zero-order chi connectivity index (χ0) is 17.1. The Bertz CT molecular complexity index is 824. The fraction of sp³-hybridized carbons (Fsp3) is 0.278. The van der Waals surface area contributed by atoms with Crippen molar-refractivity contribution in [3.63, 3.8) is 0 Å². The van der Waals surface area contributed by atoms with Crippen molar-refractivity contribution < 1.29 is 9.53 Å². The lowest BCUT2D eigenvalue weighted by Gasteiger charge is -2.16. The maximum atomic E-state index is 12.1. The third-order valence-electron chi connectivity index (χ3n) is 3.86. The highest BCUT2D eigenvalue weighted by Crippen LogP contribution is 2.32. The molecule has 1 aromatic rings. The highest BCUT2D eigenvalue weighted by Gasteiger charge is 2.24. The third kappa shape index (κ3) is 3.30. The number of carbonyl (C=O) groups is 1. The van der Waals surface area contributed by atoms with Crippen LogP contribution in [-0.2, 0) is 4.79 Å². The largest absolute Gasteiger partial charge is 0.405 e. The smallest absolute Gasteiger partial charge is 0.318 e. The van der Waals surface area contributed by atoms with Gasteiger partial charge in [-0.3, -0.25) is 9.79 Å². The molecule has 0 amide bonds. The molecule has 0 fully saturated rings. The van der Waals surface area contributed by atoms with Crippen molar-refractivity contribution in [3.05, 3.63) is 52.9 Å². The summed E-state index contributed by atoms with van der Waals surface area (Å²) in [7, 11) is 0. The minimum atomic E-state index is -0.457. The van der Waals surface area contributed by atoms with E-state index in [1.807, 2.05) is 18.4 Å². The summed E-state index contributed by atoms with van der Waals surface area (Å²) in [5.41, 5.74) is 3.18. The van der Waals surface area contributed by atoms with E-state index in [4.69, 9.17) is 10.00 Å². The molecular weight excluding hydrogens is 304 g/mol. The second kappa shape index (κ2) is 6.59. The first kappa shape index (κ1) is 15.8. The number of hydrogen-bond acceptors (Lipinski definition) is 6. The van der Waals surface area contributed by atoms with Crippen LogP contribution in [0.4, 0.5) is 0 Å². The van der Waals surface area contributed by atoms with Crippen LogP contribution in [0.1, 0.15) is 26.0 Å². The number of aromatic nitrogens is 2. The topological polar surface area (TPSA) is 88.2 Å². The van der Waals surface area contributed by atoms with E-state index in [0.717, 1.165) is 5.57 Å². The van der Waals surface area contributed by atoms with Gasteiger partial charge in [-0.05, 0) is 23.1 Å². The van der Waals surface area contributed by atoms with E-state index in [1.54, 1.807) is 0 Å². The van der Waals surface area contributed by atoms with Crippen LogP contribution in [0.5, 0.6) is 5.88 Å². The van der Waals surface area contributed by atoms with Gasteiger partial charge in [0.25, 0.3) is 0 Å². The molecule has 0 radical (unpaired) electrons. The van der Waals surface area contributed by atoms with Gasteiger partial charge in [-0.15, -0.1) is 10.2 Å². The SMILES string of the molecule is CC(C)C1=CC2C=NC(CC(=O)Oc3ccc(C#N)nn3)=C2C=C1. The number of aliphatic imine (C=N–C) groups is 1. The Morgan fingerprint density at radius 2 is 2.17 bits per heavy atom. The van der Waals surface area contributed by atoms with Crippen molar-refractivity contribution in [2.45, 2.75) is 20.3 Å². The molecule has 2 aliphatic rings. The molecule has 1 aromatic heterocycles. The fourth-order valence-electron chi connectivity index (χ4n) is 2.56. The molecule has 1 aliphatic heterocycles. The number of ether oxygens (including phenoxy) is 1. The highest BCUT2D eigenvalue weighted by molar-refractivity contribution is 5.81. The van der Waals surface area contributed by atoms with Crippen LogP contribution in [0.25, 0.3) is 0 Å². The van der Waals surface area contributed by atoms with Crippen molar-refractivity contribution in [1.29, 1.82) is 5.26 Å². The van der Waals surface area contributed by atoms with E-state index in [1.165, 1.54) is 17.7 Å². The Labute approximate surface area is 139 Å². The quantitative estimate of drug-likeness (QED) is 0.796. The second-order valence-corrected chi connectivity index (χ2v) is 5.88. The minimum absolute atomic E-state index is 0.0687. The first-order valence-corrected chi connectivity index (χ1v) is 7.68. The van der Waals surface area contributed by atoms with Gasteiger partial charge in [-0.2, -0.15) is 5.26 Å². The van der Waals surface area contributed by atoms with E-state index in [0.29, 0.717) is 11.6 Å². The summed E-state index contributed by atoms with van der Waals surface area (Å²) >= 11 is 0. The van der Waals surface area contributed by atoms with E-state index in [-0.39, 0.29) is 23.9 Å². The Balaban J connectivity index is 1.67. The van der Waals surface area contributed by atoms with Gasteiger partial charge in [0.2, 0.25) is 5.88 Å². The summed E-state index contributed by atoms with van der Waals surface area (Å²) in [6, 6.07) is 4.75. The third-order valence-corrected chi connectivity index (χ3v) is 3.86. The molecule has 1 unspecified atom stereocenters. The van der Waals surface area contributed by atoms with E-state index in [9.17, 15) is 4.79 Å². The maximum Gasteiger partial charge on any atom is 0.318 e. The van der Waals surface area contributed by atoms with Gasteiger partial charge < -0.3 is 4.74 Å². The predicted molar refractivity (Wildman–Crippen MR) is 88.1 cm³/mol. The molecule has 0 saturated heterocycles. The lowest BCUT2D eigenvalue weighted by molar-refractivity contribution is -0.133. The summed E-state index contributed by atoms with van der Waals surface area (Å²) in [6.45, 7) is 4.29. The molecule has 0 N–H and O–H groups in total. The van der Waals surface area contributed by atoms with Crippen LogP contribution in [-0.4, -0.2) is 22.4 Å². The molecule has 1 aliphatic carbocycles. The monoisotopic (exact) mass is 320 g/mol. The van der Waals surface area contributed by atoms with Crippen molar-refractivity contribution >= 4 is 12.2 Å². The molecule has 3 rings (SSSR count). The average Bonchev–Trinajstić information content (AvgIpc) is 2.97. The molecule has 0 spiro atoms. The summed E-state index contributed by atoms with van der Waals surface area (Å²) in [4.78, 5) is 16.4. The van der Waals surface area contributed by atoms with Gasteiger partial charge in [0, 0.05) is 18.2 Å². The Morgan fingerprint density at radius 1 is 1.33 bits per heavy atom. The van der Waals surface area contributed by atoms with Crippen LogP contribution in [0.2, 0.25) is 0 Å². The van der Waals surface area contributed by atoms with Crippen LogP contribution in [0.15, 0.2) is 52.2 Å². The zero-order valence-corrected chi connectivity index (χ0v) is 13.4. The van der Waals surface area contributed by atoms with Crippen molar-refractivity contribution in [2.24, 2.45) is 16.8 Å². The Morgan fingerprint density at radius 3 is 2.83 bits per heavy atom. The molecule has 1 atom stereocenters. The van der Waals surface area contributed by atoms with Crippen LogP contribution in [0, 0.1) is 23.2 Å². The molecule has 6 heteroatoms. The summed E-state index contributed by atoms with van der Waals surface area (Å²) in [5, 5.41) is 16.0. The van der Waals surface area contributed by atoms with Crippen LogP contribution < -0.4 is 4.74 Å². The van der Waals surface area contributed by atoms with E-state index >= 15 is 0 Å². The van der Waals surface area contributed by atoms with E-state index in [2.05, 4.69) is 41.2 Å². The molecule has 120 valence electrons. The van der Waals surface area contributed by atoms with E-state index < -0.39 is 5.97 Å². The Hall–Kier alpha value is -3.07. The zero-order valence-electron chi connectivity index (χ0n) is 13.4. The van der Waals surface area contributed by atoms with Gasteiger partial charge in [-0.1, -0.05) is 32.1 Å². The van der Waals surface area contributed by atoms with Crippen molar-refractivity contribution in [3.8, 4) is 11.9 Å². The molecule has 2 heterocycles. The van der Waals surface area contributed by atoms with Crippen LogP contribution >= 0.6 is 0 Å². The van der Waals surface area contributed by atoms with Gasteiger partial charge in [0.15, 0.2) is 5.69 Å². The van der Waals surface area contributed by atoms with Crippen molar-refractivity contribution in [2.75, 3.05) is 0 Å². The highest BCUT2D eigenvalue weighted by atomic mass is 16.5. The molecule has 0 aromatic carbocycles. The number of fused-ring (bicyclic) bond motifs is 1. The summed E-state index contributed by atoms with van der Waals surface area (Å²) in [5.74, 6) is 0.204. The minimum Gasteiger partial charge on any atom is -0.405 e. The maximum absolute atomic E-state index is 12.1. The Kier molecular flexibility index (Phi) is 4.34. The van der Waals surface area contributed by atoms with Gasteiger partial charge in [0.05, 0.1) is 12.1 Å². The standard InChI is InChI=1S/C18H16N4O2/c1-11(2)12-3-5-15-13(7-12)10-20-16(15)8-18(23)24-17-6-4-14(9-19)21-22-17/h3-7,10-11,13H,8H2,1-2H3. The number of esters is 1. The molecular formula is C18H16N4O2. The molecule has 0 saturated carbocycles.